The number of nitrogens with zero attached hydrogens (tertiary/aromatic N) is 2. The van der Waals surface area contributed by atoms with Gasteiger partial charge >= 0.3 is 12.3 Å². The third kappa shape index (κ3) is 5.85. The normalized spacial score (nSPS) is 15.0. The Kier molecular flexibility index (Phi) is 6.80. The molecule has 1 aliphatic rings. The van der Waals surface area contributed by atoms with Crippen molar-refractivity contribution in [2.24, 2.45) is 5.92 Å². The lowest BCUT2D eigenvalue weighted by molar-refractivity contribution is -0.274. The molecule has 0 unspecified atom stereocenters. The minimum atomic E-state index is -4.75. The molecule has 2 aromatic rings. The van der Waals surface area contributed by atoms with Crippen LogP contribution in [0.2, 0.25) is 0 Å². The van der Waals surface area contributed by atoms with Crippen LogP contribution in [-0.4, -0.2) is 47.8 Å². The fourth-order valence-electron chi connectivity index (χ4n) is 3.03. The Balaban J connectivity index is 1.55. The summed E-state index contributed by atoms with van der Waals surface area (Å²) in [5, 5.41) is 5.00. The Morgan fingerprint density at radius 2 is 1.90 bits per heavy atom. The molecule has 1 aliphatic heterocycles. The van der Waals surface area contributed by atoms with E-state index in [0.717, 1.165) is 0 Å². The van der Waals surface area contributed by atoms with Crippen molar-refractivity contribution in [2.75, 3.05) is 25.0 Å². The number of alkyl halides is 3. The van der Waals surface area contributed by atoms with Crippen LogP contribution < -0.4 is 10.1 Å². The summed E-state index contributed by atoms with van der Waals surface area (Å²) in [4.78, 5) is 30.4. The topological polar surface area (TPSA) is 80.8 Å². The predicted octanol–water partition coefficient (Wildman–Crippen LogP) is 4.20. The van der Waals surface area contributed by atoms with E-state index in [9.17, 15) is 22.8 Å². The maximum Gasteiger partial charge on any atom is 0.573 e. The van der Waals surface area contributed by atoms with E-state index >= 15 is 0 Å². The van der Waals surface area contributed by atoms with Crippen molar-refractivity contribution in [1.82, 2.24) is 9.88 Å². The van der Waals surface area contributed by atoms with E-state index in [4.69, 9.17) is 4.74 Å². The second kappa shape index (κ2) is 9.33. The molecule has 0 spiro atoms. The van der Waals surface area contributed by atoms with E-state index in [1.165, 1.54) is 35.6 Å². The average molecular weight is 443 g/mol. The van der Waals surface area contributed by atoms with Crippen molar-refractivity contribution in [3.05, 3.63) is 35.3 Å². The number of hydrogen-bond donors (Lipinski definition) is 1. The number of halogens is 3. The van der Waals surface area contributed by atoms with E-state index in [1.807, 2.05) is 0 Å². The minimum Gasteiger partial charge on any atom is -0.466 e. The van der Waals surface area contributed by atoms with Gasteiger partial charge in [-0.1, -0.05) is 0 Å². The molecule has 30 heavy (non-hydrogen) atoms. The van der Waals surface area contributed by atoms with Gasteiger partial charge in [0.05, 0.1) is 12.5 Å². The predicted molar refractivity (Wildman–Crippen MR) is 104 cm³/mol. The smallest absolute Gasteiger partial charge is 0.466 e. The molecule has 1 amide bonds. The highest BCUT2D eigenvalue weighted by atomic mass is 32.1. The number of carbonyl (C=O) groups excluding carboxylic acids is 2. The number of hydrogen-bond acceptors (Lipinski definition) is 7. The lowest BCUT2D eigenvalue weighted by Gasteiger charge is -2.30. The zero-order valence-corrected chi connectivity index (χ0v) is 16.9. The fourth-order valence-corrected chi connectivity index (χ4v) is 3.74. The Morgan fingerprint density at radius 3 is 2.50 bits per heavy atom. The van der Waals surface area contributed by atoms with E-state index in [2.05, 4.69) is 15.0 Å². The number of carbonyl (C=O) groups is 2. The molecule has 2 heterocycles. The molecule has 7 nitrogen and oxygen atoms in total. The van der Waals surface area contributed by atoms with Crippen LogP contribution in [0.4, 0.5) is 24.0 Å². The Labute approximate surface area is 174 Å². The van der Waals surface area contributed by atoms with Gasteiger partial charge in [0.1, 0.15) is 11.4 Å². The lowest BCUT2D eigenvalue weighted by atomic mass is 9.97. The Hall–Kier alpha value is -2.82. The molecule has 1 N–H and O–H groups in total. The minimum absolute atomic E-state index is 0.189. The molecule has 0 saturated carbocycles. The van der Waals surface area contributed by atoms with Crippen molar-refractivity contribution in [3.63, 3.8) is 0 Å². The molecular weight excluding hydrogens is 423 g/mol. The second-order valence-electron chi connectivity index (χ2n) is 6.55. The van der Waals surface area contributed by atoms with Crippen LogP contribution in [0.25, 0.3) is 0 Å². The van der Waals surface area contributed by atoms with Gasteiger partial charge in [0.15, 0.2) is 5.13 Å². The van der Waals surface area contributed by atoms with Gasteiger partial charge in [-0.2, -0.15) is 0 Å². The zero-order valence-electron chi connectivity index (χ0n) is 16.1. The molecule has 0 radical (unpaired) electrons. The quantitative estimate of drug-likeness (QED) is 0.674. The van der Waals surface area contributed by atoms with Crippen LogP contribution in [0.5, 0.6) is 5.75 Å². The molecule has 1 aromatic heterocycles. The summed E-state index contributed by atoms with van der Waals surface area (Å²) >= 11 is 1.21. The van der Waals surface area contributed by atoms with E-state index in [1.54, 1.807) is 17.2 Å². The van der Waals surface area contributed by atoms with Crippen LogP contribution in [0.3, 0.4) is 0 Å². The number of rotatable bonds is 6. The Bertz CT molecular complexity index is 878. The maximum atomic E-state index is 12.6. The summed E-state index contributed by atoms with van der Waals surface area (Å²) in [7, 11) is 0. The van der Waals surface area contributed by atoms with Crippen molar-refractivity contribution in [2.45, 2.75) is 26.1 Å². The van der Waals surface area contributed by atoms with Crippen LogP contribution >= 0.6 is 11.3 Å². The number of esters is 1. The van der Waals surface area contributed by atoms with Gasteiger partial charge in [0.25, 0.3) is 5.91 Å². The third-order valence-corrected chi connectivity index (χ3v) is 5.22. The van der Waals surface area contributed by atoms with Gasteiger partial charge in [-0.05, 0) is 44.0 Å². The van der Waals surface area contributed by atoms with Crippen LogP contribution in [-0.2, 0) is 9.53 Å². The van der Waals surface area contributed by atoms with Crippen molar-refractivity contribution >= 4 is 34.0 Å². The number of thiazole rings is 1. The Morgan fingerprint density at radius 1 is 1.23 bits per heavy atom. The van der Waals surface area contributed by atoms with Gasteiger partial charge in [-0.25, -0.2) is 4.98 Å². The van der Waals surface area contributed by atoms with E-state index < -0.39 is 6.36 Å². The van der Waals surface area contributed by atoms with E-state index in [-0.39, 0.29) is 29.2 Å². The molecule has 1 fully saturated rings. The standard InChI is InChI=1S/C19H20F3N3O4S/c1-2-28-17(27)12-7-9-25(10-8-12)16(26)15-11-30-18(24-15)23-13-3-5-14(6-4-13)29-19(20,21)22/h3-6,11-12H,2,7-10H2,1H3,(H,23,24). The summed E-state index contributed by atoms with van der Waals surface area (Å²) in [5.74, 6) is -0.966. The van der Waals surface area contributed by atoms with Crippen LogP contribution in [0, 0.1) is 5.92 Å². The molecule has 162 valence electrons. The number of amides is 1. The largest absolute Gasteiger partial charge is 0.573 e. The first-order valence-corrected chi connectivity index (χ1v) is 10.2. The van der Waals surface area contributed by atoms with Crippen molar-refractivity contribution in [1.29, 1.82) is 0 Å². The first-order chi connectivity index (χ1) is 14.2. The maximum absolute atomic E-state index is 12.6. The van der Waals surface area contributed by atoms with Gasteiger partial charge in [0.2, 0.25) is 0 Å². The van der Waals surface area contributed by atoms with Crippen molar-refractivity contribution in [3.8, 4) is 5.75 Å². The number of benzene rings is 1. The lowest BCUT2D eigenvalue weighted by Crippen LogP contribution is -2.40. The molecule has 0 atom stereocenters. The van der Waals surface area contributed by atoms with Crippen LogP contribution in [0.15, 0.2) is 29.6 Å². The number of piperidine rings is 1. The van der Waals surface area contributed by atoms with Gasteiger partial charge in [0, 0.05) is 24.2 Å². The highest BCUT2D eigenvalue weighted by molar-refractivity contribution is 7.14. The van der Waals surface area contributed by atoms with Gasteiger partial charge in [-0.3, -0.25) is 9.59 Å². The molecule has 11 heteroatoms. The van der Waals surface area contributed by atoms with Gasteiger partial charge < -0.3 is 19.7 Å². The number of likely N-dealkylation sites (tertiary alicyclic amines) is 1. The molecule has 0 bridgehead atoms. The zero-order chi connectivity index (χ0) is 21.7. The number of anilines is 2. The number of nitrogens with one attached hydrogen (secondary N) is 1. The number of aromatic nitrogens is 1. The van der Waals surface area contributed by atoms with Gasteiger partial charge in [-0.15, -0.1) is 24.5 Å². The highest BCUT2D eigenvalue weighted by Gasteiger charge is 2.31. The fraction of sp³-hybridized carbons (Fsp3) is 0.421. The van der Waals surface area contributed by atoms with Crippen LogP contribution in [0.1, 0.15) is 30.3 Å². The summed E-state index contributed by atoms with van der Waals surface area (Å²) in [6, 6.07) is 5.21. The first-order valence-electron chi connectivity index (χ1n) is 9.29. The van der Waals surface area contributed by atoms with E-state index in [0.29, 0.717) is 43.4 Å². The molecule has 3 rings (SSSR count). The summed E-state index contributed by atoms with van der Waals surface area (Å²) in [6.45, 7) is 2.99. The first kappa shape index (κ1) is 21.9. The average Bonchev–Trinajstić information content (AvgIpc) is 3.16. The molecule has 1 saturated heterocycles. The van der Waals surface area contributed by atoms with Crippen molar-refractivity contribution < 1.29 is 32.2 Å². The summed E-state index contributed by atoms with van der Waals surface area (Å²) < 4.78 is 45.5. The summed E-state index contributed by atoms with van der Waals surface area (Å²) in [5.41, 5.74) is 0.780. The third-order valence-electron chi connectivity index (χ3n) is 4.46. The summed E-state index contributed by atoms with van der Waals surface area (Å²) in [6.07, 6.45) is -3.65. The molecular formula is C19H20F3N3O4S. The number of ether oxygens (including phenoxy) is 2. The SMILES string of the molecule is CCOC(=O)C1CCN(C(=O)c2csc(Nc3ccc(OC(F)(F)F)cc3)n2)CC1. The molecule has 1 aromatic carbocycles. The monoisotopic (exact) mass is 443 g/mol. The second-order valence-corrected chi connectivity index (χ2v) is 7.41. The highest BCUT2D eigenvalue weighted by Crippen LogP contribution is 2.27. The molecule has 0 aliphatic carbocycles.